The molecule has 340 valence electrons. The Labute approximate surface area is 421 Å². The molecule has 0 bridgehead atoms. The number of ether oxygens (including phenoxy) is 1. The zero-order valence-electron chi connectivity index (χ0n) is 37.5. The van der Waals surface area contributed by atoms with Crippen molar-refractivity contribution >= 4 is 44.0 Å². The predicted octanol–water partition coefficient (Wildman–Crippen LogP) is 16.3. The molecule has 71 heavy (non-hydrogen) atoms. The SMILES string of the molecule is Fc1cccc(F)c1-c1ccc2c(c1)oc1c(-c3nc4ccccc4n3-c3ccccc3-c3ccccc3)[c-]c(Oc3[c-]c(-c4nc5ccccc5n4-c4ccccc4-c4ccccc4)ccc3)cc12.[Pt+2]. The standard InChI is InChI=1S/C62H36F2N4O2.Pt/c63-50-25-16-26-51(64)59(50)41-33-34-47-48-37-44(69-43-22-15-21-42(35-43)61-65-52-27-9-13-31-56(52)67(61)54-29-11-7-23-45(54)39-17-3-1-4-18-39)38-49(60(48)70-58(47)36-41)62-66-53-28-10-14-32-57(53)68(62)55-30-12-8-24-46(55)40-19-5-2-6-20-40;/h1-34,36-37H;/q-2;+2. The van der Waals surface area contributed by atoms with Crippen molar-refractivity contribution in [2.45, 2.75) is 0 Å². The third kappa shape index (κ3) is 7.61. The fourth-order valence-electron chi connectivity index (χ4n) is 9.64. The molecule has 13 aromatic rings. The Kier molecular flexibility index (Phi) is 11.0. The van der Waals surface area contributed by atoms with Gasteiger partial charge in [0.05, 0.1) is 44.9 Å². The average molecular weight is 1100 g/mol. The van der Waals surface area contributed by atoms with E-state index in [1.807, 2.05) is 127 Å². The number of furan rings is 1. The molecule has 13 rings (SSSR count). The second-order valence-electron chi connectivity index (χ2n) is 17.0. The van der Waals surface area contributed by atoms with Gasteiger partial charge in [-0.1, -0.05) is 169 Å². The summed E-state index contributed by atoms with van der Waals surface area (Å²) in [5.74, 6) is 0.732. The van der Waals surface area contributed by atoms with Crippen LogP contribution in [0.1, 0.15) is 0 Å². The first-order chi connectivity index (χ1) is 34.5. The van der Waals surface area contributed by atoms with Gasteiger partial charge in [-0.25, -0.2) is 8.78 Å². The molecule has 0 atom stereocenters. The molecule has 0 N–H and O–H groups in total. The number of rotatable bonds is 9. The van der Waals surface area contributed by atoms with Gasteiger partial charge in [-0.15, -0.1) is 23.8 Å². The molecule has 0 saturated heterocycles. The van der Waals surface area contributed by atoms with Crippen LogP contribution in [0.2, 0.25) is 0 Å². The fourth-order valence-corrected chi connectivity index (χ4v) is 9.64. The van der Waals surface area contributed by atoms with E-state index in [9.17, 15) is 0 Å². The number of hydrogen-bond donors (Lipinski definition) is 0. The summed E-state index contributed by atoms with van der Waals surface area (Å²) in [7, 11) is 0. The van der Waals surface area contributed by atoms with E-state index >= 15 is 8.78 Å². The molecule has 10 aromatic carbocycles. The van der Waals surface area contributed by atoms with Gasteiger partial charge in [-0.3, -0.25) is 9.97 Å². The smallest absolute Gasteiger partial charge is 0.501 e. The summed E-state index contributed by atoms with van der Waals surface area (Å²) in [5, 5.41) is 1.41. The summed E-state index contributed by atoms with van der Waals surface area (Å²) in [4.78, 5) is 10.5. The number of hydrogen-bond acceptors (Lipinski definition) is 4. The maximum absolute atomic E-state index is 15.2. The molecule has 0 aliphatic rings. The molecule has 6 nitrogen and oxygen atoms in total. The molecular weight excluding hydrogens is 1070 g/mol. The van der Waals surface area contributed by atoms with Gasteiger partial charge >= 0.3 is 21.1 Å². The Morgan fingerprint density at radius 1 is 0.451 bits per heavy atom. The van der Waals surface area contributed by atoms with Gasteiger partial charge in [0.2, 0.25) is 0 Å². The number of imidazole rings is 2. The minimum atomic E-state index is -0.666. The minimum Gasteiger partial charge on any atom is -0.501 e. The maximum atomic E-state index is 15.2. The van der Waals surface area contributed by atoms with E-state index in [2.05, 4.69) is 81.9 Å². The Morgan fingerprint density at radius 2 is 1.00 bits per heavy atom. The van der Waals surface area contributed by atoms with Crippen LogP contribution in [0.4, 0.5) is 8.78 Å². The number of nitrogens with zero attached hydrogens (tertiary/aromatic N) is 4. The Hall–Kier alpha value is -8.71. The molecule has 0 amide bonds. The van der Waals surface area contributed by atoms with Crippen molar-refractivity contribution in [1.82, 2.24) is 19.1 Å². The fraction of sp³-hybridized carbons (Fsp3) is 0. The van der Waals surface area contributed by atoms with Crippen LogP contribution in [-0.2, 0) is 21.1 Å². The molecule has 3 aromatic heterocycles. The Balaban J connectivity index is 0.00000517. The largest absolute Gasteiger partial charge is 2.00 e. The van der Waals surface area contributed by atoms with Gasteiger partial charge < -0.3 is 18.3 Å². The van der Waals surface area contributed by atoms with Gasteiger partial charge in [0.1, 0.15) is 17.2 Å². The quantitative estimate of drug-likeness (QED) is 0.135. The summed E-state index contributed by atoms with van der Waals surface area (Å²) >= 11 is 0. The van der Waals surface area contributed by atoms with Gasteiger partial charge in [-0.2, -0.15) is 0 Å². The van der Waals surface area contributed by atoms with Crippen LogP contribution in [-0.4, -0.2) is 19.1 Å². The number of para-hydroxylation sites is 6. The summed E-state index contributed by atoms with van der Waals surface area (Å²) in [6.07, 6.45) is 0. The van der Waals surface area contributed by atoms with E-state index in [1.165, 1.54) is 18.2 Å². The number of fused-ring (bicyclic) bond motifs is 5. The zero-order valence-corrected chi connectivity index (χ0v) is 39.7. The summed E-state index contributed by atoms with van der Waals surface area (Å²) in [6, 6.07) is 77.1. The van der Waals surface area contributed by atoms with Gasteiger partial charge in [0.25, 0.3) is 0 Å². The average Bonchev–Trinajstić information content (AvgIpc) is 4.11. The van der Waals surface area contributed by atoms with Crippen LogP contribution < -0.4 is 4.74 Å². The first-order valence-corrected chi connectivity index (χ1v) is 22.9. The third-order valence-corrected chi connectivity index (χ3v) is 12.8. The summed E-state index contributed by atoms with van der Waals surface area (Å²) in [5.41, 5.74) is 11.9. The van der Waals surface area contributed by atoms with Crippen molar-refractivity contribution in [3.8, 4) is 79.0 Å². The van der Waals surface area contributed by atoms with Crippen molar-refractivity contribution in [3.63, 3.8) is 0 Å². The number of aromatic nitrogens is 4. The zero-order chi connectivity index (χ0) is 46.7. The van der Waals surface area contributed by atoms with Crippen LogP contribution >= 0.6 is 0 Å². The molecule has 0 aliphatic carbocycles. The van der Waals surface area contributed by atoms with Gasteiger partial charge in [-0.05, 0) is 71.3 Å². The van der Waals surface area contributed by atoms with Gasteiger partial charge in [0.15, 0.2) is 0 Å². The van der Waals surface area contributed by atoms with Crippen LogP contribution in [0.3, 0.4) is 0 Å². The number of benzene rings is 10. The first kappa shape index (κ1) is 43.6. The van der Waals surface area contributed by atoms with Crippen LogP contribution in [0.25, 0.3) is 112 Å². The topological polar surface area (TPSA) is 58.0 Å². The Bertz CT molecular complexity index is 4120. The van der Waals surface area contributed by atoms with Crippen molar-refractivity contribution in [1.29, 1.82) is 0 Å². The summed E-state index contributed by atoms with van der Waals surface area (Å²) in [6.45, 7) is 0. The van der Waals surface area contributed by atoms with E-state index in [0.29, 0.717) is 56.2 Å². The third-order valence-electron chi connectivity index (χ3n) is 12.8. The molecule has 9 heteroatoms. The monoisotopic (exact) mass is 1100 g/mol. The van der Waals surface area contributed by atoms with Gasteiger partial charge in [0, 0.05) is 39.4 Å². The van der Waals surface area contributed by atoms with Crippen molar-refractivity contribution in [2.75, 3.05) is 0 Å². The van der Waals surface area contributed by atoms with Crippen LogP contribution in [0, 0.1) is 23.8 Å². The van der Waals surface area contributed by atoms with E-state index in [0.717, 1.165) is 61.3 Å². The molecule has 0 saturated carbocycles. The second kappa shape index (κ2) is 18.0. The van der Waals surface area contributed by atoms with Crippen LogP contribution in [0.5, 0.6) is 11.5 Å². The maximum Gasteiger partial charge on any atom is 2.00 e. The van der Waals surface area contributed by atoms with Crippen molar-refractivity contribution in [3.05, 3.63) is 242 Å². The molecule has 0 aliphatic heterocycles. The predicted molar refractivity (Wildman–Crippen MR) is 274 cm³/mol. The normalized spacial score (nSPS) is 11.4. The van der Waals surface area contributed by atoms with Crippen molar-refractivity contribution in [2.24, 2.45) is 0 Å². The van der Waals surface area contributed by atoms with E-state index < -0.39 is 11.6 Å². The Morgan fingerprint density at radius 3 is 1.65 bits per heavy atom. The summed E-state index contributed by atoms with van der Waals surface area (Å²) < 4.78 is 48.4. The molecule has 0 radical (unpaired) electrons. The van der Waals surface area contributed by atoms with E-state index in [4.69, 9.17) is 19.1 Å². The van der Waals surface area contributed by atoms with Crippen LogP contribution in [0.15, 0.2) is 223 Å². The molecule has 3 heterocycles. The van der Waals surface area contributed by atoms with E-state index in [-0.39, 0.29) is 26.6 Å². The first-order valence-electron chi connectivity index (χ1n) is 22.9. The molecular formula is C62H36F2N4O2Pt. The number of halogens is 2. The minimum absolute atomic E-state index is 0. The molecule has 0 unspecified atom stereocenters. The van der Waals surface area contributed by atoms with Crippen molar-refractivity contribution < 1.29 is 39.0 Å². The molecule has 0 fully saturated rings. The molecule has 0 spiro atoms. The van der Waals surface area contributed by atoms with E-state index in [1.54, 1.807) is 12.1 Å². The second-order valence-corrected chi connectivity index (χ2v) is 17.0.